The van der Waals surface area contributed by atoms with Gasteiger partial charge in [-0.25, -0.2) is 4.98 Å². The van der Waals surface area contributed by atoms with E-state index >= 15 is 0 Å². The number of anilines is 2. The molecule has 1 fully saturated rings. The summed E-state index contributed by atoms with van der Waals surface area (Å²) in [6.45, 7) is 5.40. The normalized spacial score (nSPS) is 16.5. The fourth-order valence-electron chi connectivity index (χ4n) is 4.39. The molecule has 0 bridgehead atoms. The SMILES string of the molecule is COc1cc(OC)cc(C(=O)N2CCc3nc(N4CCC(C)CC4)nc(N(C)C)c3C2)c1. The van der Waals surface area contributed by atoms with Crippen molar-refractivity contribution in [1.29, 1.82) is 0 Å². The zero-order valence-electron chi connectivity index (χ0n) is 19.7. The molecule has 0 aliphatic carbocycles. The number of amides is 1. The Hall–Kier alpha value is -3.03. The van der Waals surface area contributed by atoms with Crippen molar-refractivity contribution in [2.75, 3.05) is 57.7 Å². The highest BCUT2D eigenvalue weighted by atomic mass is 16.5. The van der Waals surface area contributed by atoms with Crippen molar-refractivity contribution in [1.82, 2.24) is 14.9 Å². The second-order valence-corrected chi connectivity index (χ2v) is 8.91. The lowest BCUT2D eigenvalue weighted by Gasteiger charge is -2.34. The van der Waals surface area contributed by atoms with Crippen molar-refractivity contribution in [3.8, 4) is 11.5 Å². The summed E-state index contributed by atoms with van der Waals surface area (Å²) in [5.74, 6) is 3.62. The molecular weight excluding hydrogens is 406 g/mol. The predicted octanol–water partition coefficient (Wildman–Crippen LogP) is 2.99. The Morgan fingerprint density at radius 1 is 1.03 bits per heavy atom. The second kappa shape index (κ2) is 9.22. The Kier molecular flexibility index (Phi) is 6.39. The summed E-state index contributed by atoms with van der Waals surface area (Å²) in [7, 11) is 7.17. The van der Waals surface area contributed by atoms with Gasteiger partial charge in [0.2, 0.25) is 5.95 Å². The molecular formula is C24H33N5O3. The molecule has 32 heavy (non-hydrogen) atoms. The van der Waals surface area contributed by atoms with Gasteiger partial charge in [0.05, 0.1) is 26.5 Å². The Morgan fingerprint density at radius 3 is 2.28 bits per heavy atom. The van der Waals surface area contributed by atoms with E-state index in [1.54, 1.807) is 32.4 Å². The molecule has 0 unspecified atom stereocenters. The number of carbonyl (C=O) groups is 1. The first-order chi connectivity index (χ1) is 15.4. The smallest absolute Gasteiger partial charge is 0.254 e. The molecule has 0 N–H and O–H groups in total. The molecule has 0 radical (unpaired) electrons. The van der Waals surface area contributed by atoms with Crippen molar-refractivity contribution in [2.45, 2.75) is 32.7 Å². The molecule has 1 aromatic heterocycles. The first-order valence-corrected chi connectivity index (χ1v) is 11.2. The molecule has 2 aliphatic heterocycles. The molecule has 172 valence electrons. The van der Waals surface area contributed by atoms with Gasteiger partial charge in [-0.05, 0) is 30.9 Å². The van der Waals surface area contributed by atoms with Crippen molar-refractivity contribution < 1.29 is 14.3 Å². The van der Waals surface area contributed by atoms with Crippen LogP contribution in [0.5, 0.6) is 11.5 Å². The molecule has 8 heteroatoms. The standard InChI is InChI=1S/C24H33N5O3/c1-16-6-9-28(10-7-16)24-25-21-8-11-29(15-20(21)22(26-24)27(2)3)23(30)17-12-18(31-4)14-19(13-17)32-5/h12-14,16H,6-11,15H2,1-5H3. The highest BCUT2D eigenvalue weighted by Crippen LogP contribution is 2.31. The quantitative estimate of drug-likeness (QED) is 0.709. The van der Waals surface area contributed by atoms with E-state index in [4.69, 9.17) is 19.4 Å². The van der Waals surface area contributed by atoms with Crippen molar-refractivity contribution in [3.63, 3.8) is 0 Å². The molecule has 0 atom stereocenters. The summed E-state index contributed by atoms with van der Waals surface area (Å²) < 4.78 is 10.7. The van der Waals surface area contributed by atoms with Crippen LogP contribution in [0, 0.1) is 5.92 Å². The number of ether oxygens (including phenoxy) is 2. The van der Waals surface area contributed by atoms with Crippen LogP contribution in [0.25, 0.3) is 0 Å². The van der Waals surface area contributed by atoms with Gasteiger partial charge >= 0.3 is 0 Å². The average molecular weight is 440 g/mol. The third kappa shape index (κ3) is 4.45. The van der Waals surface area contributed by atoms with Crippen LogP contribution in [-0.4, -0.2) is 68.7 Å². The summed E-state index contributed by atoms with van der Waals surface area (Å²) in [6.07, 6.45) is 3.05. The minimum atomic E-state index is -0.0494. The van der Waals surface area contributed by atoms with E-state index in [0.29, 0.717) is 36.6 Å². The summed E-state index contributed by atoms with van der Waals surface area (Å²) in [6, 6.07) is 5.28. The molecule has 1 amide bonds. The fourth-order valence-corrected chi connectivity index (χ4v) is 4.39. The Bertz CT molecular complexity index is 964. The highest BCUT2D eigenvalue weighted by Gasteiger charge is 2.29. The molecule has 2 aromatic rings. The third-order valence-electron chi connectivity index (χ3n) is 6.40. The van der Waals surface area contributed by atoms with Crippen LogP contribution < -0.4 is 19.3 Å². The van der Waals surface area contributed by atoms with E-state index in [0.717, 1.165) is 42.0 Å². The van der Waals surface area contributed by atoms with Crippen LogP contribution in [0.15, 0.2) is 18.2 Å². The Morgan fingerprint density at radius 2 is 1.69 bits per heavy atom. The summed E-state index contributed by atoms with van der Waals surface area (Å²) >= 11 is 0. The maximum atomic E-state index is 13.3. The Labute approximate surface area is 190 Å². The highest BCUT2D eigenvalue weighted by molar-refractivity contribution is 5.95. The lowest BCUT2D eigenvalue weighted by molar-refractivity contribution is 0.0733. The zero-order chi connectivity index (χ0) is 22.8. The molecule has 3 heterocycles. The maximum absolute atomic E-state index is 13.3. The van der Waals surface area contributed by atoms with E-state index < -0.39 is 0 Å². The molecule has 1 saturated heterocycles. The second-order valence-electron chi connectivity index (χ2n) is 8.91. The van der Waals surface area contributed by atoms with Gasteiger partial charge in [0.15, 0.2) is 0 Å². The number of rotatable bonds is 5. The number of benzene rings is 1. The number of hydrogen-bond donors (Lipinski definition) is 0. The van der Waals surface area contributed by atoms with Gasteiger partial charge in [0.1, 0.15) is 17.3 Å². The predicted molar refractivity (Wildman–Crippen MR) is 125 cm³/mol. The van der Waals surface area contributed by atoms with Gasteiger partial charge in [0.25, 0.3) is 5.91 Å². The summed E-state index contributed by atoms with van der Waals surface area (Å²) in [5, 5.41) is 0. The van der Waals surface area contributed by atoms with Gasteiger partial charge < -0.3 is 24.2 Å². The van der Waals surface area contributed by atoms with Crippen LogP contribution in [0.2, 0.25) is 0 Å². The number of fused-ring (bicyclic) bond motifs is 1. The molecule has 1 aromatic carbocycles. The number of piperidine rings is 1. The minimum absolute atomic E-state index is 0.0494. The van der Waals surface area contributed by atoms with E-state index in [1.807, 2.05) is 23.9 Å². The first-order valence-electron chi connectivity index (χ1n) is 11.2. The number of nitrogens with zero attached hydrogens (tertiary/aromatic N) is 5. The lowest BCUT2D eigenvalue weighted by Crippen LogP contribution is -2.39. The molecule has 0 saturated carbocycles. The van der Waals surface area contributed by atoms with Crippen LogP contribution in [-0.2, 0) is 13.0 Å². The Balaban J connectivity index is 1.61. The number of methoxy groups -OCH3 is 2. The topological polar surface area (TPSA) is 71.0 Å². The van der Waals surface area contributed by atoms with E-state index in [9.17, 15) is 4.79 Å². The minimum Gasteiger partial charge on any atom is -0.497 e. The van der Waals surface area contributed by atoms with E-state index in [1.165, 1.54) is 12.8 Å². The van der Waals surface area contributed by atoms with Gasteiger partial charge in [-0.2, -0.15) is 4.98 Å². The third-order valence-corrected chi connectivity index (χ3v) is 6.40. The zero-order valence-corrected chi connectivity index (χ0v) is 19.7. The molecule has 2 aliphatic rings. The molecule has 4 rings (SSSR count). The van der Waals surface area contributed by atoms with Crippen LogP contribution in [0.4, 0.5) is 11.8 Å². The monoisotopic (exact) mass is 439 g/mol. The van der Waals surface area contributed by atoms with Crippen molar-refractivity contribution in [3.05, 3.63) is 35.0 Å². The van der Waals surface area contributed by atoms with Crippen molar-refractivity contribution >= 4 is 17.7 Å². The maximum Gasteiger partial charge on any atom is 0.254 e. The van der Waals surface area contributed by atoms with Gasteiger partial charge in [-0.3, -0.25) is 4.79 Å². The first kappa shape index (κ1) is 22.2. The summed E-state index contributed by atoms with van der Waals surface area (Å²) in [5.41, 5.74) is 2.62. The largest absolute Gasteiger partial charge is 0.497 e. The van der Waals surface area contributed by atoms with Crippen LogP contribution >= 0.6 is 0 Å². The van der Waals surface area contributed by atoms with Crippen molar-refractivity contribution in [2.24, 2.45) is 5.92 Å². The van der Waals surface area contributed by atoms with E-state index in [2.05, 4.69) is 11.8 Å². The van der Waals surface area contributed by atoms with E-state index in [-0.39, 0.29) is 5.91 Å². The number of hydrogen-bond acceptors (Lipinski definition) is 7. The van der Waals surface area contributed by atoms with Crippen LogP contribution in [0.1, 0.15) is 41.4 Å². The number of carbonyl (C=O) groups excluding carboxylic acids is 1. The lowest BCUT2D eigenvalue weighted by atomic mass is 9.99. The average Bonchev–Trinajstić information content (AvgIpc) is 2.82. The fraction of sp³-hybridized carbons (Fsp3) is 0.542. The van der Waals surface area contributed by atoms with Gasteiger partial charge in [-0.1, -0.05) is 6.92 Å². The number of aromatic nitrogens is 2. The van der Waals surface area contributed by atoms with Gasteiger partial charge in [0, 0.05) is 57.3 Å². The molecule has 0 spiro atoms. The summed E-state index contributed by atoms with van der Waals surface area (Å²) in [4.78, 5) is 29.4. The van der Waals surface area contributed by atoms with Gasteiger partial charge in [-0.15, -0.1) is 0 Å². The van der Waals surface area contributed by atoms with Crippen LogP contribution in [0.3, 0.4) is 0 Å². The molecule has 8 nitrogen and oxygen atoms in total.